The molecule has 111 heavy (non-hydrogen) atoms. The van der Waals surface area contributed by atoms with E-state index < -0.39 is 0 Å². The van der Waals surface area contributed by atoms with Crippen molar-refractivity contribution in [3.8, 4) is 0 Å². The standard InChI is InChI=1S/C10H16N2.3C10H15N.C9H14N2.3C9H13NO.2C9H13NS/c1-6-9-11-7-8(12(9)5)10(2,3)4;1-5-9-6-8(7-11-9)10(2,3)4;1-5-9-8(6-7-11-9)10(2,3)4;1-5-8-6-7-9(11-8)10(2,3)4;1-5-7-6-8(11-10-7)9(2,3)4;1-5-8-10-7(6-11-8)9(2,3)4;1-5-8-10-6-7(11-8)9(2,3)4;1-5-8-7(6-11-10-8)9(2,3)4;1-5-8-10-7(6-11-8)9(2,3)4;1-5-8-7(6-11-10-8)9(2,3)4/h6-7H,1H2,2-5H3;2*5-6H,1,7H2,2-4H3;5,7H,1,6H2,2-4H3;5-6H,1H2,2-4H3,(H,10,11);5*5-6H,1H2,2-4H3. The van der Waals surface area contributed by atoms with Crippen LogP contribution in [-0.4, -0.2) is 74.5 Å². The fourth-order valence-corrected chi connectivity index (χ4v) is 11.4. The van der Waals surface area contributed by atoms with Crippen LogP contribution in [0.2, 0.25) is 0 Å². The molecule has 0 aliphatic carbocycles. The largest absolute Gasteiger partial charge is 0.445 e. The van der Waals surface area contributed by atoms with E-state index >= 15 is 0 Å². The number of aromatic nitrogens is 9. The highest BCUT2D eigenvalue weighted by molar-refractivity contribution is 7.10. The molecule has 15 nitrogen and oxygen atoms in total. The third kappa shape index (κ3) is 35.0. The summed E-state index contributed by atoms with van der Waals surface area (Å²) in [5, 5.41) is 16.0. The van der Waals surface area contributed by atoms with Crippen molar-refractivity contribution in [1.82, 2.24) is 44.2 Å². The van der Waals surface area contributed by atoms with Gasteiger partial charge in [-0.15, -0.1) is 11.3 Å². The summed E-state index contributed by atoms with van der Waals surface area (Å²) in [6.07, 6.45) is 32.0. The van der Waals surface area contributed by atoms with Crippen LogP contribution in [0.5, 0.6) is 0 Å². The molecule has 17 heteroatoms. The highest BCUT2D eigenvalue weighted by atomic mass is 32.1. The Balaban J connectivity index is 0.000000617. The molecular weight excluding hydrogens is 1410 g/mol. The lowest BCUT2D eigenvalue weighted by Gasteiger charge is -2.20. The lowest BCUT2D eigenvalue weighted by molar-refractivity contribution is 0.403. The predicted octanol–water partition coefficient (Wildman–Crippen LogP) is 26.9. The topological polar surface area (TPSA) is 187 Å². The monoisotopic (exact) mass is 1550 g/mol. The number of nitrogens with one attached hydrogen (secondary N) is 1. The van der Waals surface area contributed by atoms with Gasteiger partial charge in [-0.1, -0.05) is 291 Å². The second-order valence-corrected chi connectivity index (χ2v) is 38.4. The number of nitrogens with zero attached hydrogens (tertiary/aromatic N) is 11. The number of aromatic amines is 1. The van der Waals surface area contributed by atoms with Gasteiger partial charge in [-0.05, 0) is 123 Å². The fraction of sp³-hybridized carbons (Fsp3) is 0.468. The number of rotatable bonds is 10. The fourth-order valence-electron chi connectivity index (χ4n) is 9.59. The molecular formula is C94H140N12O3S2. The average Bonchev–Trinajstić information content (AvgIpc) is 1.69. The first-order valence-electron chi connectivity index (χ1n) is 37.8. The van der Waals surface area contributed by atoms with Crippen molar-refractivity contribution in [3.05, 3.63) is 240 Å². The molecule has 10 heterocycles. The van der Waals surface area contributed by atoms with E-state index in [1.807, 2.05) is 37.5 Å². The smallest absolute Gasteiger partial charge is 0.218 e. The molecule has 0 amide bonds. The third-order valence-corrected chi connectivity index (χ3v) is 18.2. The van der Waals surface area contributed by atoms with Crippen LogP contribution in [0.15, 0.2) is 189 Å². The average molecular weight is 1550 g/mol. The van der Waals surface area contributed by atoms with Gasteiger partial charge in [0, 0.05) is 91.3 Å². The van der Waals surface area contributed by atoms with E-state index in [1.54, 1.807) is 72.6 Å². The number of H-pyrrole nitrogens is 1. The molecule has 0 unspecified atom stereocenters. The number of hydrogen-bond donors (Lipinski definition) is 1. The molecule has 0 bridgehead atoms. The highest BCUT2D eigenvalue weighted by Crippen LogP contribution is 2.34. The number of hydrogen-bond acceptors (Lipinski definition) is 15. The molecule has 0 radical (unpaired) electrons. The Morgan fingerprint density at radius 2 is 1.10 bits per heavy atom. The molecule has 0 saturated carbocycles. The van der Waals surface area contributed by atoms with E-state index in [2.05, 4.69) is 362 Å². The number of imidazole rings is 1. The van der Waals surface area contributed by atoms with Gasteiger partial charge in [0.05, 0.1) is 53.5 Å². The summed E-state index contributed by atoms with van der Waals surface area (Å²) in [6.45, 7) is 103. The van der Waals surface area contributed by atoms with Gasteiger partial charge in [0.1, 0.15) is 34.8 Å². The molecule has 1 N–H and O–H groups in total. The molecule has 0 saturated heterocycles. The van der Waals surface area contributed by atoms with Gasteiger partial charge in [-0.25, -0.2) is 19.9 Å². The maximum absolute atomic E-state index is 5.37. The Morgan fingerprint density at radius 1 is 0.505 bits per heavy atom. The zero-order valence-corrected chi connectivity index (χ0v) is 75.8. The summed E-state index contributed by atoms with van der Waals surface area (Å²) in [4.78, 5) is 29.9. The highest BCUT2D eigenvalue weighted by Gasteiger charge is 2.26. The van der Waals surface area contributed by atoms with E-state index in [-0.39, 0.29) is 54.1 Å². The summed E-state index contributed by atoms with van der Waals surface area (Å²) >= 11 is 3.14. The maximum Gasteiger partial charge on any atom is 0.218 e. The molecule has 3 aliphatic heterocycles. The van der Waals surface area contributed by atoms with E-state index in [0.717, 1.165) is 93.0 Å². The van der Waals surface area contributed by atoms with Crippen LogP contribution in [0.25, 0.3) is 42.5 Å². The van der Waals surface area contributed by atoms with Crippen LogP contribution >= 0.6 is 22.9 Å². The predicted molar refractivity (Wildman–Crippen MR) is 487 cm³/mol. The molecule has 606 valence electrons. The Kier molecular flexibility index (Phi) is 38.8. The van der Waals surface area contributed by atoms with Crippen LogP contribution < -0.4 is 0 Å². The first-order valence-corrected chi connectivity index (χ1v) is 39.5. The molecule has 10 rings (SSSR count). The quantitative estimate of drug-likeness (QED) is 0.138. The Morgan fingerprint density at radius 3 is 1.40 bits per heavy atom. The van der Waals surface area contributed by atoms with Gasteiger partial charge in [-0.2, -0.15) is 9.47 Å². The zero-order chi connectivity index (χ0) is 85.7. The van der Waals surface area contributed by atoms with Crippen molar-refractivity contribution in [3.63, 3.8) is 0 Å². The minimum atomic E-state index is 0.0360. The van der Waals surface area contributed by atoms with Gasteiger partial charge >= 0.3 is 0 Å². The minimum Gasteiger partial charge on any atom is -0.445 e. The second kappa shape index (κ2) is 43.1. The van der Waals surface area contributed by atoms with Gasteiger partial charge in [0.2, 0.25) is 11.8 Å². The van der Waals surface area contributed by atoms with Crippen LogP contribution in [0.1, 0.15) is 293 Å². The summed E-state index contributed by atoms with van der Waals surface area (Å²) in [6, 6.07) is 2.02. The van der Waals surface area contributed by atoms with E-state index in [4.69, 9.17) is 13.4 Å². The SMILES string of the molecule is C=CC1=NC(C(C)(C)C)=CC1.C=CC1=NCC(C(C)(C)C)=C1.C=CC1=NCC=C1C(C)(C)C.C=Cc1cc(C(C)(C)C)[nH]n1.C=Cc1nc(C(C)(C)C)co1.C=Cc1nc(C(C)(C)C)cs1.C=Cc1ncc(C(C)(C)C)n1C.C=Cc1ncc(C(C)(C)C)o1.C=Cc1nocc1C(C)(C)C.C=Cc1nscc1C(C)(C)C. The minimum absolute atomic E-state index is 0.0360. The maximum atomic E-state index is 5.37. The van der Waals surface area contributed by atoms with Gasteiger partial charge in [0.15, 0.2) is 0 Å². The lowest BCUT2D eigenvalue weighted by Crippen LogP contribution is -2.16. The molecule has 0 fully saturated rings. The van der Waals surface area contributed by atoms with Crippen LogP contribution in [0.4, 0.5) is 0 Å². The molecule has 0 aromatic carbocycles. The first kappa shape index (κ1) is 99.9. The van der Waals surface area contributed by atoms with Gasteiger partial charge in [0.25, 0.3) is 0 Å². The molecule has 3 aliphatic rings. The van der Waals surface area contributed by atoms with E-state index in [9.17, 15) is 0 Å². The van der Waals surface area contributed by atoms with Crippen LogP contribution in [0, 0.1) is 16.2 Å². The first-order chi connectivity index (χ1) is 50.8. The van der Waals surface area contributed by atoms with Crippen molar-refractivity contribution < 1.29 is 13.4 Å². The van der Waals surface area contributed by atoms with Gasteiger partial charge < -0.3 is 17.9 Å². The number of allylic oxidation sites excluding steroid dienone is 7. The van der Waals surface area contributed by atoms with Crippen LogP contribution in [0.3, 0.4) is 0 Å². The second-order valence-electron chi connectivity index (χ2n) is 36.9. The third-order valence-electron chi connectivity index (χ3n) is 16.7. The van der Waals surface area contributed by atoms with Crippen molar-refractivity contribution in [2.75, 3.05) is 13.1 Å². The zero-order valence-electron chi connectivity index (χ0n) is 74.2. The number of thiazole rings is 1. The normalized spacial score (nSPS) is 13.4. The van der Waals surface area contributed by atoms with E-state index in [1.165, 1.54) is 39.6 Å². The summed E-state index contributed by atoms with van der Waals surface area (Å²) in [7, 11) is 2.02. The van der Waals surface area contributed by atoms with E-state index in [0.29, 0.717) is 11.8 Å². The number of oxazole rings is 2. The Hall–Kier alpha value is -9.06. The van der Waals surface area contributed by atoms with Crippen molar-refractivity contribution in [2.45, 2.75) is 252 Å². The molecule has 0 spiro atoms. The summed E-state index contributed by atoms with van der Waals surface area (Å²) in [5.41, 5.74) is 18.3. The summed E-state index contributed by atoms with van der Waals surface area (Å²) < 4.78 is 21.6. The van der Waals surface area contributed by atoms with Crippen molar-refractivity contribution >= 4 is 82.5 Å². The molecule has 0 atom stereocenters. The van der Waals surface area contributed by atoms with Crippen molar-refractivity contribution in [2.24, 2.45) is 38.3 Å². The van der Waals surface area contributed by atoms with Crippen LogP contribution in [-0.2, 0) is 45.0 Å². The van der Waals surface area contributed by atoms with Gasteiger partial charge in [-0.3, -0.25) is 20.1 Å². The number of aliphatic imine (C=N–C) groups is 3. The van der Waals surface area contributed by atoms with Crippen molar-refractivity contribution in [1.29, 1.82) is 0 Å². The lowest BCUT2D eigenvalue weighted by atomic mass is 9.84. The molecule has 7 aromatic rings. The Labute approximate surface area is 679 Å². The molecule has 7 aromatic heterocycles. The Bertz CT molecular complexity index is 4070. The summed E-state index contributed by atoms with van der Waals surface area (Å²) in [5.74, 6) is 3.01.